The van der Waals surface area contributed by atoms with Crippen molar-refractivity contribution in [2.75, 3.05) is 20.2 Å². The molecule has 1 fully saturated rings. The Morgan fingerprint density at radius 3 is 2.42 bits per heavy atom. The molecule has 0 bridgehead atoms. The molecule has 2 rings (SSSR count). The molecule has 0 aliphatic carbocycles. The average Bonchev–Trinajstić information content (AvgIpc) is 2.37. The first-order valence-electron chi connectivity index (χ1n) is 7.02. The quantitative estimate of drug-likeness (QED) is 0.900. The number of hydrogen-bond donors (Lipinski definition) is 1. The minimum Gasteiger partial charge on any atom is -0.496 e. The van der Waals surface area contributed by atoms with Crippen molar-refractivity contribution in [3.05, 3.63) is 28.8 Å². The van der Waals surface area contributed by atoms with E-state index in [1.807, 2.05) is 12.1 Å². The fourth-order valence-electron chi connectivity index (χ4n) is 3.00. The Morgan fingerprint density at radius 1 is 1.26 bits per heavy atom. The number of nitrogens with one attached hydrogen (secondary N) is 1. The van der Waals surface area contributed by atoms with E-state index in [1.165, 1.54) is 11.1 Å². The zero-order valence-corrected chi connectivity index (χ0v) is 12.3. The van der Waals surface area contributed by atoms with Gasteiger partial charge < -0.3 is 10.1 Å². The lowest BCUT2D eigenvalue weighted by Crippen LogP contribution is -2.27. The van der Waals surface area contributed by atoms with Crippen molar-refractivity contribution < 1.29 is 9.13 Å². The van der Waals surface area contributed by atoms with Gasteiger partial charge in [0.15, 0.2) is 0 Å². The molecule has 0 amide bonds. The number of alkyl halides is 1. The lowest BCUT2D eigenvalue weighted by atomic mass is 9.83. The molecule has 1 saturated heterocycles. The van der Waals surface area contributed by atoms with Crippen LogP contribution in [0.4, 0.5) is 4.39 Å². The van der Waals surface area contributed by atoms with Crippen LogP contribution >= 0.6 is 0 Å². The lowest BCUT2D eigenvalue weighted by molar-refractivity contribution is 0.212. The van der Waals surface area contributed by atoms with Crippen molar-refractivity contribution in [1.82, 2.24) is 5.32 Å². The molecule has 0 spiro atoms. The summed E-state index contributed by atoms with van der Waals surface area (Å²) in [4.78, 5) is 0. The molecule has 1 aromatic rings. The first kappa shape index (κ1) is 14.3. The summed E-state index contributed by atoms with van der Waals surface area (Å²) < 4.78 is 19.9. The van der Waals surface area contributed by atoms with Gasteiger partial charge in [0.25, 0.3) is 0 Å². The minimum absolute atomic E-state index is 0.471. The van der Waals surface area contributed by atoms with E-state index in [0.29, 0.717) is 11.5 Å². The normalized spacial score (nSPS) is 17.5. The predicted octanol–water partition coefficient (Wildman–Crippen LogP) is 3.68. The number of aryl methyl sites for hydroxylation is 1. The third-order valence-corrected chi connectivity index (χ3v) is 4.01. The molecule has 0 atom stereocenters. The first-order chi connectivity index (χ1) is 8.95. The minimum atomic E-state index is -1.37. The molecule has 0 radical (unpaired) electrons. The fourth-order valence-corrected chi connectivity index (χ4v) is 3.00. The van der Waals surface area contributed by atoms with Crippen LogP contribution in [0.2, 0.25) is 0 Å². The Balaban J connectivity index is 2.51. The molecule has 2 nitrogen and oxygen atoms in total. The Kier molecular flexibility index (Phi) is 4.14. The van der Waals surface area contributed by atoms with Gasteiger partial charge in [0, 0.05) is 11.1 Å². The molecule has 0 aromatic heterocycles. The molecular formula is C16H24FNO. The highest BCUT2D eigenvalue weighted by Crippen LogP contribution is 2.42. The summed E-state index contributed by atoms with van der Waals surface area (Å²) in [7, 11) is 1.65. The summed E-state index contributed by atoms with van der Waals surface area (Å²) in [6.45, 7) is 7.32. The van der Waals surface area contributed by atoms with E-state index in [4.69, 9.17) is 4.74 Å². The second-order valence-corrected chi connectivity index (χ2v) is 5.87. The van der Waals surface area contributed by atoms with E-state index in [1.54, 1.807) is 21.0 Å². The predicted molar refractivity (Wildman–Crippen MR) is 76.7 cm³/mol. The molecule has 1 aliphatic heterocycles. The number of piperidine rings is 1. The van der Waals surface area contributed by atoms with Gasteiger partial charge in [0.2, 0.25) is 0 Å². The number of hydrogen-bond acceptors (Lipinski definition) is 2. The first-order valence-corrected chi connectivity index (χ1v) is 7.02. The monoisotopic (exact) mass is 265 g/mol. The third kappa shape index (κ3) is 2.92. The molecule has 1 aliphatic rings. The summed E-state index contributed by atoms with van der Waals surface area (Å²) >= 11 is 0. The summed E-state index contributed by atoms with van der Waals surface area (Å²) in [6.07, 6.45) is 2.18. The fraction of sp³-hybridized carbons (Fsp3) is 0.625. The standard InChI is InChI=1S/C16H24FNO/c1-11-5-6-13(16(2,3)17)15(19-4)14(11)12-7-9-18-10-8-12/h5-6,12,18H,7-10H2,1-4H3. The van der Waals surface area contributed by atoms with E-state index in [9.17, 15) is 4.39 Å². The molecule has 19 heavy (non-hydrogen) atoms. The molecule has 3 heteroatoms. The van der Waals surface area contributed by atoms with E-state index in [2.05, 4.69) is 12.2 Å². The van der Waals surface area contributed by atoms with Gasteiger partial charge in [-0.05, 0) is 58.2 Å². The van der Waals surface area contributed by atoms with Gasteiger partial charge in [-0.25, -0.2) is 4.39 Å². The van der Waals surface area contributed by atoms with Crippen LogP contribution in [0.1, 0.15) is 49.3 Å². The van der Waals surface area contributed by atoms with Gasteiger partial charge in [-0.2, -0.15) is 0 Å². The second-order valence-electron chi connectivity index (χ2n) is 5.87. The Bertz CT molecular complexity index is 445. The Hall–Kier alpha value is -1.09. The van der Waals surface area contributed by atoms with Crippen LogP contribution in [-0.4, -0.2) is 20.2 Å². The molecule has 1 aromatic carbocycles. The summed E-state index contributed by atoms with van der Waals surface area (Å²) in [6, 6.07) is 3.88. The van der Waals surface area contributed by atoms with Crippen molar-refractivity contribution in [2.24, 2.45) is 0 Å². The Morgan fingerprint density at radius 2 is 1.89 bits per heavy atom. The number of benzene rings is 1. The highest BCUT2D eigenvalue weighted by atomic mass is 19.1. The topological polar surface area (TPSA) is 21.3 Å². The molecule has 0 unspecified atom stereocenters. The highest BCUT2D eigenvalue weighted by Gasteiger charge is 2.29. The van der Waals surface area contributed by atoms with Gasteiger partial charge >= 0.3 is 0 Å². The van der Waals surface area contributed by atoms with Crippen LogP contribution in [0, 0.1) is 6.92 Å². The van der Waals surface area contributed by atoms with Crippen molar-refractivity contribution in [1.29, 1.82) is 0 Å². The smallest absolute Gasteiger partial charge is 0.134 e. The average molecular weight is 265 g/mol. The largest absolute Gasteiger partial charge is 0.496 e. The van der Waals surface area contributed by atoms with Crippen molar-refractivity contribution in [3.63, 3.8) is 0 Å². The summed E-state index contributed by atoms with van der Waals surface area (Å²) in [5.41, 5.74) is 1.69. The lowest BCUT2D eigenvalue weighted by Gasteiger charge is -2.29. The number of methoxy groups -OCH3 is 1. The van der Waals surface area contributed by atoms with Crippen LogP contribution in [0.5, 0.6) is 5.75 Å². The zero-order valence-electron chi connectivity index (χ0n) is 12.3. The Labute approximate surface area is 115 Å². The number of halogens is 1. The van der Waals surface area contributed by atoms with Gasteiger partial charge in [-0.1, -0.05) is 12.1 Å². The molecule has 0 saturated carbocycles. The van der Waals surface area contributed by atoms with Crippen LogP contribution in [-0.2, 0) is 5.67 Å². The van der Waals surface area contributed by atoms with Crippen molar-refractivity contribution in [2.45, 2.75) is 45.2 Å². The van der Waals surface area contributed by atoms with Crippen LogP contribution in [0.15, 0.2) is 12.1 Å². The van der Waals surface area contributed by atoms with E-state index >= 15 is 0 Å². The van der Waals surface area contributed by atoms with Crippen LogP contribution in [0.3, 0.4) is 0 Å². The molecule has 1 heterocycles. The van der Waals surface area contributed by atoms with E-state index < -0.39 is 5.67 Å². The van der Waals surface area contributed by atoms with Gasteiger partial charge in [0.05, 0.1) is 7.11 Å². The van der Waals surface area contributed by atoms with Gasteiger partial charge in [-0.15, -0.1) is 0 Å². The van der Waals surface area contributed by atoms with Crippen molar-refractivity contribution in [3.8, 4) is 5.75 Å². The van der Waals surface area contributed by atoms with E-state index in [0.717, 1.165) is 31.7 Å². The van der Waals surface area contributed by atoms with Gasteiger partial charge in [0.1, 0.15) is 11.4 Å². The third-order valence-electron chi connectivity index (χ3n) is 4.01. The number of rotatable bonds is 3. The maximum absolute atomic E-state index is 14.4. The van der Waals surface area contributed by atoms with Gasteiger partial charge in [-0.3, -0.25) is 0 Å². The zero-order chi connectivity index (χ0) is 14.0. The summed E-state index contributed by atoms with van der Waals surface area (Å²) in [5, 5.41) is 3.37. The highest BCUT2D eigenvalue weighted by molar-refractivity contribution is 5.50. The maximum Gasteiger partial charge on any atom is 0.134 e. The molecular weight excluding hydrogens is 241 g/mol. The molecule has 106 valence electrons. The SMILES string of the molecule is COc1c(C(C)(C)F)ccc(C)c1C1CCNCC1. The van der Waals surface area contributed by atoms with E-state index in [-0.39, 0.29) is 0 Å². The second kappa shape index (κ2) is 5.49. The maximum atomic E-state index is 14.4. The van der Waals surface area contributed by atoms with Crippen molar-refractivity contribution >= 4 is 0 Å². The number of ether oxygens (including phenoxy) is 1. The molecule has 1 N–H and O–H groups in total. The van der Waals surface area contributed by atoms with Crippen LogP contribution < -0.4 is 10.1 Å². The van der Waals surface area contributed by atoms with Crippen LogP contribution in [0.25, 0.3) is 0 Å². The summed E-state index contributed by atoms with van der Waals surface area (Å²) in [5.74, 6) is 1.22.